The first kappa shape index (κ1) is 17.0. The summed E-state index contributed by atoms with van der Waals surface area (Å²) in [5, 5.41) is 3.40. The number of carbonyl (C=O) groups excluding carboxylic acids is 1. The lowest BCUT2D eigenvalue weighted by atomic mass is 10.1. The van der Waals surface area contributed by atoms with E-state index in [1.54, 1.807) is 0 Å². The molecule has 1 N–H and O–H groups in total. The Morgan fingerprint density at radius 1 is 1.35 bits per heavy atom. The van der Waals surface area contributed by atoms with Crippen molar-refractivity contribution in [2.45, 2.75) is 51.7 Å². The minimum atomic E-state index is 0. The summed E-state index contributed by atoms with van der Waals surface area (Å²) < 4.78 is 0. The number of amides is 1. The third-order valence-corrected chi connectivity index (χ3v) is 3.72. The van der Waals surface area contributed by atoms with Crippen LogP contribution in [-0.2, 0) is 11.3 Å². The zero-order chi connectivity index (χ0) is 13.7. The lowest BCUT2D eigenvalue weighted by molar-refractivity contribution is -0.134. The van der Waals surface area contributed by atoms with Gasteiger partial charge in [0.25, 0.3) is 0 Å². The van der Waals surface area contributed by atoms with Gasteiger partial charge in [0, 0.05) is 25.0 Å². The Kier molecular flexibility index (Phi) is 7.03. The Morgan fingerprint density at radius 3 is 2.60 bits per heavy atom. The molecular formula is C16H25ClN2O. The maximum Gasteiger partial charge on any atom is 0.224 e. The molecule has 2 rings (SSSR count). The van der Waals surface area contributed by atoms with E-state index in [0.717, 1.165) is 13.0 Å². The Bertz CT molecular complexity index is 402. The molecule has 0 saturated carbocycles. The second-order valence-corrected chi connectivity index (χ2v) is 5.60. The first-order valence-corrected chi connectivity index (χ1v) is 7.23. The normalized spacial score (nSPS) is 17.9. The second kappa shape index (κ2) is 8.28. The van der Waals surface area contributed by atoms with Gasteiger partial charge < -0.3 is 10.2 Å². The van der Waals surface area contributed by atoms with Crippen LogP contribution in [0.5, 0.6) is 0 Å². The number of rotatable bonds is 5. The van der Waals surface area contributed by atoms with Gasteiger partial charge in [-0.05, 0) is 38.8 Å². The molecule has 0 radical (unpaired) electrons. The summed E-state index contributed by atoms with van der Waals surface area (Å²) >= 11 is 0. The Hall–Kier alpha value is -1.06. The SMILES string of the molecule is CC(C)N(Cc1ccccc1)C(=O)CC1CCCN1.Cl. The van der Waals surface area contributed by atoms with Crippen LogP contribution in [-0.4, -0.2) is 29.4 Å². The van der Waals surface area contributed by atoms with Crippen LogP contribution in [0.1, 0.15) is 38.7 Å². The van der Waals surface area contributed by atoms with Crippen molar-refractivity contribution in [3.05, 3.63) is 35.9 Å². The van der Waals surface area contributed by atoms with Gasteiger partial charge in [-0.25, -0.2) is 0 Å². The number of nitrogens with one attached hydrogen (secondary N) is 1. The number of nitrogens with zero attached hydrogens (tertiary/aromatic N) is 1. The van der Waals surface area contributed by atoms with Crippen molar-refractivity contribution in [1.29, 1.82) is 0 Å². The molecule has 0 aliphatic carbocycles. The molecule has 1 atom stereocenters. The number of hydrogen-bond acceptors (Lipinski definition) is 2. The minimum Gasteiger partial charge on any atom is -0.336 e. The van der Waals surface area contributed by atoms with Crippen LogP contribution in [0.4, 0.5) is 0 Å². The minimum absolute atomic E-state index is 0. The van der Waals surface area contributed by atoms with Gasteiger partial charge in [-0.1, -0.05) is 30.3 Å². The van der Waals surface area contributed by atoms with Gasteiger partial charge in [0.1, 0.15) is 0 Å². The van der Waals surface area contributed by atoms with E-state index in [1.807, 2.05) is 23.1 Å². The van der Waals surface area contributed by atoms with Crippen molar-refractivity contribution >= 4 is 18.3 Å². The summed E-state index contributed by atoms with van der Waals surface area (Å²) in [5.41, 5.74) is 1.20. The Labute approximate surface area is 128 Å². The summed E-state index contributed by atoms with van der Waals surface area (Å²) in [5.74, 6) is 0.262. The topological polar surface area (TPSA) is 32.3 Å². The van der Waals surface area contributed by atoms with Crippen molar-refractivity contribution < 1.29 is 4.79 Å². The molecule has 0 bridgehead atoms. The largest absolute Gasteiger partial charge is 0.336 e. The molecule has 1 unspecified atom stereocenters. The number of hydrogen-bond donors (Lipinski definition) is 1. The van der Waals surface area contributed by atoms with Crippen molar-refractivity contribution in [2.75, 3.05) is 6.54 Å². The molecule has 1 aromatic rings. The summed E-state index contributed by atoms with van der Waals surface area (Å²) in [4.78, 5) is 14.4. The lowest BCUT2D eigenvalue weighted by Crippen LogP contribution is -2.39. The summed E-state index contributed by atoms with van der Waals surface area (Å²) in [6.45, 7) is 5.94. The monoisotopic (exact) mass is 296 g/mol. The van der Waals surface area contributed by atoms with Crippen LogP contribution in [0.15, 0.2) is 30.3 Å². The van der Waals surface area contributed by atoms with Crippen LogP contribution in [0.2, 0.25) is 0 Å². The highest BCUT2D eigenvalue weighted by atomic mass is 35.5. The molecule has 20 heavy (non-hydrogen) atoms. The van der Waals surface area contributed by atoms with Crippen LogP contribution in [0.3, 0.4) is 0 Å². The van der Waals surface area contributed by atoms with E-state index in [4.69, 9.17) is 0 Å². The molecule has 1 aliphatic rings. The third-order valence-electron chi connectivity index (χ3n) is 3.72. The van der Waals surface area contributed by atoms with Gasteiger partial charge in [0.05, 0.1) is 0 Å². The van der Waals surface area contributed by atoms with E-state index >= 15 is 0 Å². The van der Waals surface area contributed by atoms with E-state index < -0.39 is 0 Å². The van der Waals surface area contributed by atoms with Crippen LogP contribution in [0, 0.1) is 0 Å². The van der Waals surface area contributed by atoms with Gasteiger partial charge in [0.15, 0.2) is 0 Å². The highest BCUT2D eigenvalue weighted by Gasteiger charge is 2.23. The van der Waals surface area contributed by atoms with Gasteiger partial charge in [-0.2, -0.15) is 0 Å². The molecule has 112 valence electrons. The van der Waals surface area contributed by atoms with Gasteiger partial charge in [-0.3, -0.25) is 4.79 Å². The molecule has 3 nitrogen and oxygen atoms in total. The van der Waals surface area contributed by atoms with Crippen molar-refractivity contribution in [3.63, 3.8) is 0 Å². The fraction of sp³-hybridized carbons (Fsp3) is 0.562. The summed E-state index contributed by atoms with van der Waals surface area (Å²) in [7, 11) is 0. The first-order chi connectivity index (χ1) is 9.16. The predicted octanol–water partition coefficient (Wildman–Crippen LogP) is 2.99. The van der Waals surface area contributed by atoms with Crippen LogP contribution in [0.25, 0.3) is 0 Å². The van der Waals surface area contributed by atoms with Gasteiger partial charge >= 0.3 is 0 Å². The second-order valence-electron chi connectivity index (χ2n) is 5.60. The van der Waals surface area contributed by atoms with Crippen LogP contribution >= 0.6 is 12.4 Å². The number of halogens is 1. The molecule has 1 aromatic carbocycles. The van der Waals surface area contributed by atoms with Crippen molar-refractivity contribution in [3.8, 4) is 0 Å². The molecular weight excluding hydrogens is 272 g/mol. The average Bonchev–Trinajstić information content (AvgIpc) is 2.89. The smallest absolute Gasteiger partial charge is 0.224 e. The molecule has 1 fully saturated rings. The fourth-order valence-electron chi connectivity index (χ4n) is 2.60. The standard InChI is InChI=1S/C16H24N2O.ClH/c1-13(2)18(12-14-7-4-3-5-8-14)16(19)11-15-9-6-10-17-15;/h3-5,7-8,13,15,17H,6,9-12H2,1-2H3;1H. The molecule has 1 saturated heterocycles. The molecule has 0 aromatic heterocycles. The lowest BCUT2D eigenvalue weighted by Gasteiger charge is -2.28. The Morgan fingerprint density at radius 2 is 2.05 bits per heavy atom. The quantitative estimate of drug-likeness (QED) is 0.906. The average molecular weight is 297 g/mol. The van der Waals surface area contributed by atoms with E-state index in [0.29, 0.717) is 19.0 Å². The van der Waals surface area contributed by atoms with E-state index in [-0.39, 0.29) is 24.4 Å². The van der Waals surface area contributed by atoms with Gasteiger partial charge in [0.2, 0.25) is 5.91 Å². The van der Waals surface area contributed by atoms with Gasteiger partial charge in [-0.15, -0.1) is 12.4 Å². The first-order valence-electron chi connectivity index (χ1n) is 7.23. The zero-order valence-electron chi connectivity index (χ0n) is 12.3. The number of benzene rings is 1. The maximum atomic E-state index is 12.4. The number of carbonyl (C=O) groups is 1. The van der Waals surface area contributed by atoms with E-state index in [9.17, 15) is 4.79 Å². The van der Waals surface area contributed by atoms with E-state index in [1.165, 1.54) is 12.0 Å². The summed E-state index contributed by atoms with van der Waals surface area (Å²) in [6, 6.07) is 10.8. The predicted molar refractivity (Wildman–Crippen MR) is 85.0 cm³/mol. The molecule has 1 amide bonds. The van der Waals surface area contributed by atoms with Crippen molar-refractivity contribution in [1.82, 2.24) is 10.2 Å². The Balaban J connectivity index is 0.00000200. The molecule has 4 heteroatoms. The van der Waals surface area contributed by atoms with E-state index in [2.05, 4.69) is 31.3 Å². The van der Waals surface area contributed by atoms with Crippen molar-refractivity contribution in [2.24, 2.45) is 0 Å². The van der Waals surface area contributed by atoms with Crippen LogP contribution < -0.4 is 5.32 Å². The highest BCUT2D eigenvalue weighted by molar-refractivity contribution is 5.85. The highest BCUT2D eigenvalue weighted by Crippen LogP contribution is 2.14. The molecule has 1 heterocycles. The molecule has 1 aliphatic heterocycles. The fourth-order valence-corrected chi connectivity index (χ4v) is 2.60. The molecule has 0 spiro atoms. The third kappa shape index (κ3) is 4.80. The summed E-state index contributed by atoms with van der Waals surface area (Å²) in [6.07, 6.45) is 2.95. The maximum absolute atomic E-state index is 12.4. The zero-order valence-corrected chi connectivity index (χ0v) is 13.2.